The second-order valence-corrected chi connectivity index (χ2v) is 5.42. The van der Waals surface area contributed by atoms with Crippen LogP contribution in [0.3, 0.4) is 0 Å². The predicted molar refractivity (Wildman–Crippen MR) is 75.5 cm³/mol. The lowest BCUT2D eigenvalue weighted by molar-refractivity contribution is 0.260. The SMILES string of the molecule is C=CCC1OC1COc1c(Cl)cc(Cl)c(Cl)c1Cl. The lowest BCUT2D eigenvalue weighted by Crippen LogP contribution is -2.08. The molecule has 1 aliphatic heterocycles. The molecule has 98 valence electrons. The van der Waals surface area contributed by atoms with Gasteiger partial charge in [-0.3, -0.25) is 0 Å². The first-order chi connectivity index (χ1) is 8.54. The number of hydrogen-bond donors (Lipinski definition) is 0. The van der Waals surface area contributed by atoms with Crippen molar-refractivity contribution < 1.29 is 9.47 Å². The van der Waals surface area contributed by atoms with Gasteiger partial charge in [0, 0.05) is 0 Å². The monoisotopic (exact) mass is 326 g/mol. The molecule has 1 saturated heterocycles. The molecule has 2 unspecified atom stereocenters. The van der Waals surface area contributed by atoms with Gasteiger partial charge in [0.1, 0.15) is 17.7 Å². The third kappa shape index (κ3) is 3.06. The molecule has 0 aliphatic carbocycles. The highest BCUT2D eigenvalue weighted by atomic mass is 35.5. The molecule has 1 aliphatic rings. The maximum atomic E-state index is 6.02. The van der Waals surface area contributed by atoms with Crippen LogP contribution in [0.4, 0.5) is 0 Å². The second-order valence-electron chi connectivity index (χ2n) is 3.85. The fraction of sp³-hybridized carbons (Fsp3) is 0.333. The summed E-state index contributed by atoms with van der Waals surface area (Å²) < 4.78 is 10.9. The van der Waals surface area contributed by atoms with Crippen molar-refractivity contribution in [2.75, 3.05) is 6.61 Å². The maximum absolute atomic E-state index is 6.02. The predicted octanol–water partition coefficient (Wildman–Crippen LogP) is 5.02. The number of benzene rings is 1. The molecule has 0 bridgehead atoms. The summed E-state index contributed by atoms with van der Waals surface area (Å²) in [5, 5.41) is 1.08. The Morgan fingerprint density at radius 2 is 1.89 bits per heavy atom. The van der Waals surface area contributed by atoms with Crippen LogP contribution < -0.4 is 4.74 Å². The molecule has 0 saturated carbocycles. The van der Waals surface area contributed by atoms with Crippen LogP contribution in [-0.2, 0) is 4.74 Å². The molecular formula is C12H10Cl4O2. The fourth-order valence-electron chi connectivity index (χ4n) is 1.54. The molecule has 0 amide bonds. The lowest BCUT2D eigenvalue weighted by atomic mass is 10.2. The summed E-state index contributed by atoms with van der Waals surface area (Å²) in [6.07, 6.45) is 2.83. The fourth-order valence-corrected chi connectivity index (χ4v) is 2.56. The lowest BCUT2D eigenvalue weighted by Gasteiger charge is -2.10. The van der Waals surface area contributed by atoms with E-state index in [1.165, 1.54) is 6.07 Å². The molecule has 2 rings (SSSR count). The largest absolute Gasteiger partial charge is 0.488 e. The first kappa shape index (κ1) is 14.3. The first-order valence-electron chi connectivity index (χ1n) is 5.26. The van der Waals surface area contributed by atoms with Crippen LogP contribution in [0.2, 0.25) is 20.1 Å². The number of hydrogen-bond acceptors (Lipinski definition) is 2. The number of halogens is 4. The van der Waals surface area contributed by atoms with Gasteiger partial charge in [-0.2, -0.15) is 0 Å². The van der Waals surface area contributed by atoms with Crippen molar-refractivity contribution in [3.8, 4) is 5.75 Å². The van der Waals surface area contributed by atoms with Crippen molar-refractivity contribution in [3.63, 3.8) is 0 Å². The summed E-state index contributed by atoms with van der Waals surface area (Å²) in [5.41, 5.74) is 0. The molecule has 0 radical (unpaired) electrons. The zero-order valence-corrected chi connectivity index (χ0v) is 12.3. The molecule has 0 N–H and O–H groups in total. The van der Waals surface area contributed by atoms with E-state index in [4.69, 9.17) is 55.9 Å². The van der Waals surface area contributed by atoms with E-state index in [0.717, 1.165) is 6.42 Å². The van der Waals surface area contributed by atoms with E-state index >= 15 is 0 Å². The highest BCUT2D eigenvalue weighted by Crippen LogP contribution is 2.43. The van der Waals surface area contributed by atoms with Gasteiger partial charge >= 0.3 is 0 Å². The topological polar surface area (TPSA) is 21.8 Å². The van der Waals surface area contributed by atoms with Gasteiger partial charge in [-0.15, -0.1) is 6.58 Å². The molecule has 2 nitrogen and oxygen atoms in total. The average molecular weight is 328 g/mol. The van der Waals surface area contributed by atoms with Gasteiger partial charge < -0.3 is 9.47 Å². The Morgan fingerprint density at radius 1 is 1.17 bits per heavy atom. The summed E-state index contributed by atoms with van der Waals surface area (Å²) >= 11 is 23.8. The number of rotatable bonds is 5. The van der Waals surface area contributed by atoms with E-state index in [1.54, 1.807) is 0 Å². The highest BCUT2D eigenvalue weighted by molar-refractivity contribution is 6.50. The Morgan fingerprint density at radius 3 is 2.56 bits per heavy atom. The van der Waals surface area contributed by atoms with Crippen LogP contribution in [0, 0.1) is 0 Å². The van der Waals surface area contributed by atoms with Gasteiger partial charge in [0.15, 0.2) is 5.75 Å². The Bertz CT molecular complexity index is 476. The molecule has 18 heavy (non-hydrogen) atoms. The van der Waals surface area contributed by atoms with Crippen LogP contribution in [0.25, 0.3) is 0 Å². The van der Waals surface area contributed by atoms with Crippen molar-refractivity contribution in [1.29, 1.82) is 0 Å². The highest BCUT2D eigenvalue weighted by Gasteiger charge is 2.38. The quantitative estimate of drug-likeness (QED) is 0.328. The van der Waals surface area contributed by atoms with Crippen LogP contribution >= 0.6 is 46.4 Å². The van der Waals surface area contributed by atoms with Crippen molar-refractivity contribution in [3.05, 3.63) is 38.8 Å². The van der Waals surface area contributed by atoms with E-state index in [0.29, 0.717) is 22.4 Å². The Kier molecular flexibility index (Phi) is 4.68. The minimum atomic E-state index is 0.0459. The standard InChI is InChI=1S/C12H10Cl4O2/c1-2-3-8-9(18-8)5-17-12-7(14)4-6(13)10(15)11(12)16/h2,4,8-9H,1,3,5H2. The van der Waals surface area contributed by atoms with Gasteiger partial charge in [-0.1, -0.05) is 52.5 Å². The van der Waals surface area contributed by atoms with Crippen LogP contribution in [0.15, 0.2) is 18.7 Å². The smallest absolute Gasteiger partial charge is 0.158 e. The molecule has 1 aromatic rings. The minimum absolute atomic E-state index is 0.0459. The molecule has 6 heteroatoms. The minimum Gasteiger partial charge on any atom is -0.488 e. The zero-order valence-electron chi connectivity index (χ0n) is 9.26. The average Bonchev–Trinajstić information content (AvgIpc) is 3.05. The van der Waals surface area contributed by atoms with Gasteiger partial charge in [0.25, 0.3) is 0 Å². The Balaban J connectivity index is 2.02. The Labute approximate surface area is 125 Å². The third-order valence-electron chi connectivity index (χ3n) is 2.55. The van der Waals surface area contributed by atoms with Crippen LogP contribution in [0.1, 0.15) is 6.42 Å². The van der Waals surface area contributed by atoms with Crippen molar-refractivity contribution in [2.45, 2.75) is 18.6 Å². The molecule has 0 spiro atoms. The van der Waals surface area contributed by atoms with Gasteiger partial charge in [-0.25, -0.2) is 0 Å². The van der Waals surface area contributed by atoms with Crippen molar-refractivity contribution >= 4 is 46.4 Å². The maximum Gasteiger partial charge on any atom is 0.158 e. The van der Waals surface area contributed by atoms with Gasteiger partial charge in [-0.05, 0) is 12.5 Å². The summed E-state index contributed by atoms with van der Waals surface area (Å²) in [5.74, 6) is 0.334. The summed E-state index contributed by atoms with van der Waals surface area (Å²) in [6.45, 7) is 4.02. The zero-order chi connectivity index (χ0) is 13.3. The summed E-state index contributed by atoms with van der Waals surface area (Å²) in [4.78, 5) is 0. The molecular weight excluding hydrogens is 318 g/mol. The van der Waals surface area contributed by atoms with Gasteiger partial charge in [0.2, 0.25) is 0 Å². The van der Waals surface area contributed by atoms with Crippen LogP contribution in [0.5, 0.6) is 5.75 Å². The summed E-state index contributed by atoms with van der Waals surface area (Å²) in [6, 6.07) is 1.50. The molecule has 1 heterocycles. The van der Waals surface area contributed by atoms with Gasteiger partial charge in [0.05, 0.1) is 21.2 Å². The van der Waals surface area contributed by atoms with E-state index < -0.39 is 0 Å². The number of epoxide rings is 1. The summed E-state index contributed by atoms with van der Waals surface area (Å²) in [7, 11) is 0. The third-order valence-corrected chi connectivity index (χ3v) is 4.08. The van der Waals surface area contributed by atoms with E-state index in [-0.39, 0.29) is 22.3 Å². The van der Waals surface area contributed by atoms with E-state index in [2.05, 4.69) is 6.58 Å². The van der Waals surface area contributed by atoms with Crippen molar-refractivity contribution in [2.24, 2.45) is 0 Å². The first-order valence-corrected chi connectivity index (χ1v) is 6.78. The Hall–Kier alpha value is -0.120. The van der Waals surface area contributed by atoms with E-state index in [1.807, 2.05) is 6.08 Å². The molecule has 2 atom stereocenters. The number of ether oxygens (including phenoxy) is 2. The molecule has 1 aromatic carbocycles. The van der Waals surface area contributed by atoms with Crippen LogP contribution in [-0.4, -0.2) is 18.8 Å². The second kappa shape index (κ2) is 5.89. The normalized spacial score (nSPS) is 21.8. The van der Waals surface area contributed by atoms with Crippen molar-refractivity contribution in [1.82, 2.24) is 0 Å². The molecule has 1 fully saturated rings. The van der Waals surface area contributed by atoms with E-state index in [9.17, 15) is 0 Å². The molecule has 0 aromatic heterocycles.